The normalized spacial score (nSPS) is 9.62. The fourth-order valence-corrected chi connectivity index (χ4v) is 1.20. The van der Waals surface area contributed by atoms with E-state index in [0.29, 0.717) is 5.56 Å². The van der Waals surface area contributed by atoms with E-state index in [1.807, 2.05) is 0 Å². The quantitative estimate of drug-likeness (QED) is 0.443. The van der Waals surface area contributed by atoms with Gasteiger partial charge in [0.15, 0.2) is 0 Å². The molecule has 0 atom stereocenters. The van der Waals surface area contributed by atoms with Crippen LogP contribution in [0.25, 0.3) is 0 Å². The monoisotopic (exact) mass is 220 g/mol. The van der Waals surface area contributed by atoms with Gasteiger partial charge < -0.3 is 4.74 Å². The van der Waals surface area contributed by atoms with E-state index in [9.17, 15) is 14.9 Å². The summed E-state index contributed by atoms with van der Waals surface area (Å²) in [6, 6.07) is 4.79. The highest BCUT2D eigenvalue weighted by atomic mass is 16.6. The lowest BCUT2D eigenvalue weighted by atomic mass is 9.83. The molecule has 0 fully saturated rings. The Bertz CT molecular complexity index is 419. The number of benzene rings is 1. The van der Waals surface area contributed by atoms with E-state index in [-0.39, 0.29) is 12.3 Å². The Hall–Kier alpha value is -1.85. The first kappa shape index (κ1) is 12.2. The van der Waals surface area contributed by atoms with Crippen molar-refractivity contribution < 1.29 is 14.5 Å². The van der Waals surface area contributed by atoms with Gasteiger partial charge in [-0.25, -0.2) is 0 Å². The zero-order chi connectivity index (χ0) is 12.1. The molecule has 5 nitrogen and oxygen atoms in total. The fraction of sp³-hybridized carbons (Fsp3) is 0.300. The Labute approximate surface area is 93.8 Å². The molecule has 0 heterocycles. The molecule has 1 rings (SSSR count). The molecule has 0 N–H and O–H groups in total. The van der Waals surface area contributed by atoms with E-state index in [1.165, 1.54) is 13.3 Å². The van der Waals surface area contributed by atoms with Gasteiger partial charge in [0.05, 0.1) is 10.5 Å². The number of hydrogen-bond donors (Lipinski definition) is 0. The molecule has 0 saturated carbocycles. The molecule has 6 heteroatoms. The summed E-state index contributed by atoms with van der Waals surface area (Å²) in [6.45, 7) is 3.23. The van der Waals surface area contributed by atoms with Crippen molar-refractivity contribution in [3.8, 4) is 0 Å². The van der Waals surface area contributed by atoms with Gasteiger partial charge in [-0.3, -0.25) is 14.9 Å². The van der Waals surface area contributed by atoms with Crippen LogP contribution >= 0.6 is 0 Å². The first-order valence-electron chi connectivity index (χ1n) is 4.74. The van der Waals surface area contributed by atoms with E-state index in [1.54, 1.807) is 25.9 Å². The van der Waals surface area contributed by atoms with Gasteiger partial charge in [0.2, 0.25) is 5.87 Å². The Balaban J connectivity index is 2.87. The van der Waals surface area contributed by atoms with Crippen molar-refractivity contribution in [3.05, 3.63) is 39.4 Å². The minimum atomic E-state index is -0.491. The van der Waals surface area contributed by atoms with E-state index in [4.69, 9.17) is 4.74 Å². The topological polar surface area (TPSA) is 69.4 Å². The summed E-state index contributed by atoms with van der Waals surface area (Å²) >= 11 is 0. The Morgan fingerprint density at radius 3 is 2.81 bits per heavy atom. The van der Waals surface area contributed by atoms with Gasteiger partial charge in [-0.15, -0.1) is 0 Å². The molecule has 83 valence electrons. The summed E-state index contributed by atoms with van der Waals surface area (Å²) in [7, 11) is 1.26. The predicted octanol–water partition coefficient (Wildman–Crippen LogP) is 2.29. The van der Waals surface area contributed by atoms with Gasteiger partial charge >= 0.3 is 0 Å². The van der Waals surface area contributed by atoms with Crippen LogP contribution in [-0.4, -0.2) is 18.1 Å². The molecule has 1 radical (unpaired) electrons. The van der Waals surface area contributed by atoms with Crippen LogP contribution in [0.4, 0.5) is 10.5 Å². The zero-order valence-electron chi connectivity index (χ0n) is 9.10. The lowest BCUT2D eigenvalue weighted by Gasteiger charge is -2.05. The predicted molar refractivity (Wildman–Crippen MR) is 59.6 cm³/mol. The van der Waals surface area contributed by atoms with E-state index < -0.39 is 10.8 Å². The van der Waals surface area contributed by atoms with Gasteiger partial charge in [0.25, 0.3) is 13.0 Å². The maximum atomic E-state index is 10.9. The maximum Gasteiger partial charge on any atom is 0.276 e. The number of aryl methyl sites for hydroxylation is 1. The summed E-state index contributed by atoms with van der Waals surface area (Å²) in [5.41, 5.74) is 1.17. The molecular formula is C10H11BNO4. The average Bonchev–Trinajstić information content (AvgIpc) is 2.26. The molecule has 0 aliphatic rings. The highest BCUT2D eigenvalue weighted by Crippen LogP contribution is 2.20. The first-order chi connectivity index (χ1) is 7.54. The Morgan fingerprint density at radius 2 is 2.25 bits per heavy atom. The number of nitrogens with zero attached hydrogens (tertiary/aromatic N) is 1. The van der Waals surface area contributed by atoms with Crippen molar-refractivity contribution in [2.24, 2.45) is 0 Å². The number of nitro benzene ring substituents is 1. The van der Waals surface area contributed by atoms with E-state index in [2.05, 4.69) is 0 Å². The third-order valence-corrected chi connectivity index (χ3v) is 2.04. The van der Waals surface area contributed by atoms with Gasteiger partial charge in [0.1, 0.15) is 6.61 Å². The number of hydrogen-bond acceptors (Lipinski definition) is 4. The minimum absolute atomic E-state index is 0.0242. The van der Waals surface area contributed by atoms with Crippen molar-refractivity contribution in [1.29, 1.82) is 0 Å². The van der Waals surface area contributed by atoms with Crippen molar-refractivity contribution >= 4 is 18.8 Å². The average molecular weight is 220 g/mol. The SMILES string of the molecule is C[B]C(=O)OCc1ccc(C)cc1[N+](=O)[O-]. The lowest BCUT2D eigenvalue weighted by molar-refractivity contribution is -0.385. The molecule has 1 aromatic carbocycles. The lowest BCUT2D eigenvalue weighted by Crippen LogP contribution is -2.08. The minimum Gasteiger partial charge on any atom is -0.469 e. The number of ether oxygens (including phenoxy) is 1. The third kappa shape index (κ3) is 3.08. The van der Waals surface area contributed by atoms with Crippen LogP contribution in [0.3, 0.4) is 0 Å². The third-order valence-electron chi connectivity index (χ3n) is 2.04. The first-order valence-corrected chi connectivity index (χ1v) is 4.74. The molecule has 0 aromatic heterocycles. The van der Waals surface area contributed by atoms with Crippen LogP contribution in [0.1, 0.15) is 11.1 Å². The second-order valence-corrected chi connectivity index (χ2v) is 3.29. The van der Waals surface area contributed by atoms with Gasteiger partial charge in [0, 0.05) is 6.07 Å². The molecule has 0 bridgehead atoms. The molecular weight excluding hydrogens is 209 g/mol. The Morgan fingerprint density at radius 1 is 1.56 bits per heavy atom. The van der Waals surface area contributed by atoms with Crippen LogP contribution < -0.4 is 0 Å². The summed E-state index contributed by atoms with van der Waals surface area (Å²) in [5, 5.41) is 10.7. The molecule has 1 aromatic rings. The molecule has 16 heavy (non-hydrogen) atoms. The second kappa shape index (κ2) is 5.30. The van der Waals surface area contributed by atoms with Crippen LogP contribution in [0.2, 0.25) is 6.82 Å². The molecule has 0 aliphatic heterocycles. The summed E-state index contributed by atoms with van der Waals surface area (Å²) in [6.07, 6.45) is 0. The van der Waals surface area contributed by atoms with E-state index >= 15 is 0 Å². The van der Waals surface area contributed by atoms with Gasteiger partial charge in [-0.1, -0.05) is 12.9 Å². The van der Waals surface area contributed by atoms with Crippen LogP contribution in [0.15, 0.2) is 18.2 Å². The molecule has 0 aliphatic carbocycles. The van der Waals surface area contributed by atoms with E-state index in [0.717, 1.165) is 5.56 Å². The summed E-state index contributed by atoms with van der Waals surface area (Å²) < 4.78 is 4.81. The fourth-order valence-electron chi connectivity index (χ4n) is 1.20. The van der Waals surface area contributed by atoms with Crippen molar-refractivity contribution in [3.63, 3.8) is 0 Å². The number of carbonyl (C=O) groups excluding carboxylic acids is 1. The maximum absolute atomic E-state index is 10.9. The molecule has 0 amide bonds. The highest BCUT2D eigenvalue weighted by molar-refractivity contribution is 6.70. The summed E-state index contributed by atoms with van der Waals surface area (Å²) in [4.78, 5) is 21.2. The molecule has 0 saturated heterocycles. The van der Waals surface area contributed by atoms with Crippen LogP contribution in [0, 0.1) is 17.0 Å². The van der Waals surface area contributed by atoms with Gasteiger partial charge in [-0.05, 0) is 18.6 Å². The second-order valence-electron chi connectivity index (χ2n) is 3.29. The smallest absolute Gasteiger partial charge is 0.276 e. The van der Waals surface area contributed by atoms with Crippen LogP contribution in [0.5, 0.6) is 0 Å². The van der Waals surface area contributed by atoms with Crippen molar-refractivity contribution in [1.82, 2.24) is 0 Å². The van der Waals surface area contributed by atoms with Crippen molar-refractivity contribution in [2.45, 2.75) is 20.4 Å². The standard InChI is InChI=1S/C10H11BNO4/c1-7-3-4-8(6-16-10(13)11-2)9(5-7)12(14)15/h3-5H,6H2,1-2H3. The molecule has 0 spiro atoms. The zero-order valence-corrected chi connectivity index (χ0v) is 9.10. The van der Waals surface area contributed by atoms with Crippen LogP contribution in [-0.2, 0) is 11.3 Å². The number of carbonyl (C=O) groups is 1. The molecule has 0 unspecified atom stereocenters. The Kier molecular flexibility index (Phi) is 4.05. The van der Waals surface area contributed by atoms with Gasteiger partial charge in [-0.2, -0.15) is 0 Å². The largest absolute Gasteiger partial charge is 0.469 e. The number of rotatable bonds is 4. The highest BCUT2D eigenvalue weighted by Gasteiger charge is 2.14. The number of nitro groups is 1. The van der Waals surface area contributed by atoms with Crippen molar-refractivity contribution in [2.75, 3.05) is 0 Å². The summed E-state index contributed by atoms with van der Waals surface area (Å²) in [5.74, 6) is -0.491.